The standard InChI is InChI=1S/C11H16BrN3O/c1-11(7-16)4-2-3-9(11)15-10-13-5-8(12)6-14-10/h5-6,9,16H,2-4,7H2,1H3,(H,13,14,15). The van der Waals surface area contributed by atoms with E-state index in [2.05, 4.69) is 38.1 Å². The molecule has 1 heterocycles. The van der Waals surface area contributed by atoms with Crippen molar-refractivity contribution < 1.29 is 5.11 Å². The SMILES string of the molecule is CC1(CO)CCCC1Nc1ncc(Br)cn1. The molecule has 0 amide bonds. The van der Waals surface area contributed by atoms with Crippen molar-refractivity contribution in [1.29, 1.82) is 0 Å². The van der Waals surface area contributed by atoms with Crippen molar-refractivity contribution in [1.82, 2.24) is 9.97 Å². The fraction of sp³-hybridized carbons (Fsp3) is 0.636. The van der Waals surface area contributed by atoms with Gasteiger partial charge in [0.1, 0.15) is 0 Å². The molecule has 1 fully saturated rings. The molecule has 88 valence electrons. The predicted molar refractivity (Wildman–Crippen MR) is 66.2 cm³/mol. The first-order valence-corrected chi connectivity index (χ1v) is 6.28. The highest BCUT2D eigenvalue weighted by Crippen LogP contribution is 2.38. The number of aliphatic hydroxyl groups excluding tert-OH is 1. The molecule has 1 saturated carbocycles. The zero-order chi connectivity index (χ0) is 11.6. The van der Waals surface area contributed by atoms with Gasteiger partial charge >= 0.3 is 0 Å². The van der Waals surface area contributed by atoms with Crippen LogP contribution in [0.25, 0.3) is 0 Å². The third-order valence-electron chi connectivity index (χ3n) is 3.37. The van der Waals surface area contributed by atoms with E-state index in [4.69, 9.17) is 0 Å². The largest absolute Gasteiger partial charge is 0.396 e. The van der Waals surface area contributed by atoms with Crippen molar-refractivity contribution in [2.75, 3.05) is 11.9 Å². The molecule has 2 unspecified atom stereocenters. The Labute approximate surface area is 104 Å². The third kappa shape index (κ3) is 2.35. The molecule has 1 aromatic rings. The summed E-state index contributed by atoms with van der Waals surface area (Å²) in [5.41, 5.74) is -0.0452. The Hall–Kier alpha value is -0.680. The van der Waals surface area contributed by atoms with Crippen LogP contribution in [0.15, 0.2) is 16.9 Å². The molecule has 0 radical (unpaired) electrons. The van der Waals surface area contributed by atoms with Crippen LogP contribution in [0, 0.1) is 5.41 Å². The summed E-state index contributed by atoms with van der Waals surface area (Å²) in [6.45, 7) is 2.32. The van der Waals surface area contributed by atoms with Gasteiger partial charge in [0.2, 0.25) is 5.95 Å². The zero-order valence-corrected chi connectivity index (χ0v) is 10.9. The average molecular weight is 286 g/mol. The lowest BCUT2D eigenvalue weighted by Crippen LogP contribution is -2.36. The number of nitrogens with zero attached hydrogens (tertiary/aromatic N) is 2. The maximum atomic E-state index is 9.43. The van der Waals surface area contributed by atoms with Crippen LogP contribution in [-0.2, 0) is 0 Å². The molecule has 2 N–H and O–H groups in total. The minimum absolute atomic E-state index is 0.0452. The van der Waals surface area contributed by atoms with Gasteiger partial charge in [0.25, 0.3) is 0 Å². The van der Waals surface area contributed by atoms with Gasteiger partial charge in [-0.25, -0.2) is 9.97 Å². The average Bonchev–Trinajstić information content (AvgIpc) is 2.65. The topological polar surface area (TPSA) is 58.0 Å². The Morgan fingerprint density at radius 3 is 2.88 bits per heavy atom. The molecule has 4 nitrogen and oxygen atoms in total. The van der Waals surface area contributed by atoms with Crippen LogP contribution in [-0.4, -0.2) is 27.7 Å². The molecular formula is C11H16BrN3O. The van der Waals surface area contributed by atoms with E-state index >= 15 is 0 Å². The summed E-state index contributed by atoms with van der Waals surface area (Å²) in [6, 6.07) is 0.263. The number of nitrogens with one attached hydrogen (secondary N) is 1. The van der Waals surface area contributed by atoms with E-state index in [0.29, 0.717) is 5.95 Å². The highest BCUT2D eigenvalue weighted by atomic mass is 79.9. The number of anilines is 1. The first-order chi connectivity index (χ1) is 7.64. The van der Waals surface area contributed by atoms with E-state index in [1.54, 1.807) is 12.4 Å². The van der Waals surface area contributed by atoms with Gasteiger partial charge in [-0.3, -0.25) is 0 Å². The molecule has 0 bridgehead atoms. The van der Waals surface area contributed by atoms with E-state index in [1.807, 2.05) is 0 Å². The number of hydrogen-bond donors (Lipinski definition) is 2. The molecule has 1 aliphatic rings. The van der Waals surface area contributed by atoms with Gasteiger partial charge in [-0.1, -0.05) is 13.3 Å². The van der Waals surface area contributed by atoms with Gasteiger partial charge in [0.15, 0.2) is 0 Å². The molecule has 0 aromatic carbocycles. The minimum Gasteiger partial charge on any atom is -0.396 e. The van der Waals surface area contributed by atoms with Gasteiger partial charge in [-0.15, -0.1) is 0 Å². The Balaban J connectivity index is 2.07. The second kappa shape index (κ2) is 4.67. The Morgan fingerprint density at radius 1 is 1.56 bits per heavy atom. The number of halogens is 1. The number of hydrogen-bond acceptors (Lipinski definition) is 4. The minimum atomic E-state index is -0.0452. The first-order valence-electron chi connectivity index (χ1n) is 5.49. The van der Waals surface area contributed by atoms with Crippen LogP contribution in [0.5, 0.6) is 0 Å². The summed E-state index contributed by atoms with van der Waals surface area (Å²) in [6.07, 6.45) is 6.71. The number of rotatable bonds is 3. The molecule has 0 aliphatic heterocycles. The highest BCUT2D eigenvalue weighted by molar-refractivity contribution is 9.10. The van der Waals surface area contributed by atoms with Crippen LogP contribution >= 0.6 is 15.9 Å². The van der Waals surface area contributed by atoms with Gasteiger partial charge in [0, 0.05) is 23.9 Å². The van der Waals surface area contributed by atoms with Crippen LogP contribution in [0.4, 0.5) is 5.95 Å². The van der Waals surface area contributed by atoms with E-state index < -0.39 is 0 Å². The smallest absolute Gasteiger partial charge is 0.222 e. The molecule has 2 atom stereocenters. The summed E-state index contributed by atoms with van der Waals surface area (Å²) < 4.78 is 0.870. The maximum Gasteiger partial charge on any atom is 0.222 e. The summed E-state index contributed by atoms with van der Waals surface area (Å²) in [5.74, 6) is 0.634. The third-order valence-corrected chi connectivity index (χ3v) is 3.78. The van der Waals surface area contributed by atoms with Crippen molar-refractivity contribution in [3.8, 4) is 0 Å². The summed E-state index contributed by atoms with van der Waals surface area (Å²) in [5, 5.41) is 12.7. The molecule has 16 heavy (non-hydrogen) atoms. The monoisotopic (exact) mass is 285 g/mol. The Bertz CT molecular complexity index is 357. The lowest BCUT2D eigenvalue weighted by atomic mass is 9.86. The summed E-state index contributed by atoms with van der Waals surface area (Å²) in [7, 11) is 0. The lowest BCUT2D eigenvalue weighted by Gasteiger charge is -2.29. The highest BCUT2D eigenvalue weighted by Gasteiger charge is 2.38. The van der Waals surface area contributed by atoms with Crippen LogP contribution < -0.4 is 5.32 Å². The van der Waals surface area contributed by atoms with Crippen LogP contribution in [0.3, 0.4) is 0 Å². The van der Waals surface area contributed by atoms with Gasteiger partial charge in [-0.05, 0) is 28.8 Å². The zero-order valence-electron chi connectivity index (χ0n) is 9.28. The van der Waals surface area contributed by atoms with Gasteiger partial charge in [-0.2, -0.15) is 0 Å². The van der Waals surface area contributed by atoms with Gasteiger partial charge in [0.05, 0.1) is 11.1 Å². The predicted octanol–water partition coefficient (Wildman–Crippen LogP) is 2.20. The van der Waals surface area contributed by atoms with E-state index in [0.717, 1.165) is 23.7 Å². The number of aliphatic hydroxyl groups is 1. The summed E-state index contributed by atoms with van der Waals surface area (Å²) in [4.78, 5) is 8.38. The van der Waals surface area contributed by atoms with Crippen molar-refractivity contribution in [2.45, 2.75) is 32.2 Å². The van der Waals surface area contributed by atoms with E-state index in [-0.39, 0.29) is 18.1 Å². The second-order valence-electron chi connectivity index (χ2n) is 4.63. The first kappa shape index (κ1) is 11.8. The molecule has 0 spiro atoms. The van der Waals surface area contributed by atoms with Crippen molar-refractivity contribution >= 4 is 21.9 Å². The molecule has 5 heteroatoms. The fourth-order valence-electron chi connectivity index (χ4n) is 2.21. The number of aromatic nitrogens is 2. The summed E-state index contributed by atoms with van der Waals surface area (Å²) >= 11 is 3.30. The molecule has 1 aliphatic carbocycles. The lowest BCUT2D eigenvalue weighted by molar-refractivity contribution is 0.138. The van der Waals surface area contributed by atoms with Crippen molar-refractivity contribution in [2.24, 2.45) is 5.41 Å². The quantitative estimate of drug-likeness (QED) is 0.894. The maximum absolute atomic E-state index is 9.43. The van der Waals surface area contributed by atoms with Crippen molar-refractivity contribution in [3.63, 3.8) is 0 Å². The van der Waals surface area contributed by atoms with Gasteiger partial charge < -0.3 is 10.4 Å². The van der Waals surface area contributed by atoms with Crippen molar-refractivity contribution in [3.05, 3.63) is 16.9 Å². The Kier molecular flexibility index (Phi) is 3.44. The molecular weight excluding hydrogens is 270 g/mol. The molecule has 0 saturated heterocycles. The second-order valence-corrected chi connectivity index (χ2v) is 5.54. The van der Waals surface area contributed by atoms with E-state index in [9.17, 15) is 5.11 Å². The Morgan fingerprint density at radius 2 is 2.25 bits per heavy atom. The fourth-order valence-corrected chi connectivity index (χ4v) is 2.42. The molecule has 2 rings (SSSR count). The van der Waals surface area contributed by atoms with Crippen LogP contribution in [0.1, 0.15) is 26.2 Å². The molecule has 1 aromatic heterocycles. The van der Waals surface area contributed by atoms with E-state index in [1.165, 1.54) is 0 Å². The normalized spacial score (nSPS) is 29.3. The van der Waals surface area contributed by atoms with Crippen LogP contribution in [0.2, 0.25) is 0 Å².